The Morgan fingerprint density at radius 1 is 0.818 bits per heavy atom. The number of rotatable bonds is 13. The second kappa shape index (κ2) is 13.4. The van der Waals surface area contributed by atoms with Crippen LogP contribution in [0.25, 0.3) is 0 Å². The highest BCUT2D eigenvalue weighted by molar-refractivity contribution is 7.52. The first-order valence-electron chi connectivity index (χ1n) is 12.9. The van der Waals surface area contributed by atoms with Gasteiger partial charge in [0.25, 0.3) is 0 Å². The number of hydrogen-bond donors (Lipinski definition) is 8. The zero-order chi connectivity index (χ0) is 33.1. The number of benzene rings is 2. The summed E-state index contributed by atoms with van der Waals surface area (Å²) < 4.78 is 78.3. The first kappa shape index (κ1) is 35.3. The first-order chi connectivity index (χ1) is 20.2. The molecule has 0 saturated carbocycles. The SMILES string of the molecule is NC(=O)[C@H](Cc1ccc(C(F)(F)P(=O)(O)O)cc1)NC(=O)[C@H](Cc1ccc(C(F)(F)P(=O)(O)O)cc1)NC(=O)[C@@H]1CCCN1. The van der Waals surface area contributed by atoms with Gasteiger partial charge in [-0.1, -0.05) is 48.5 Å². The topological polar surface area (TPSA) is 228 Å². The number of amides is 3. The van der Waals surface area contributed by atoms with Gasteiger partial charge in [0, 0.05) is 24.0 Å². The largest absolute Gasteiger partial charge is 0.399 e. The number of carbonyl (C=O) groups is 3. The molecule has 3 rings (SSSR count). The molecule has 0 unspecified atom stereocenters. The van der Waals surface area contributed by atoms with E-state index in [2.05, 4.69) is 16.0 Å². The molecular formula is C25H30F4N4O9P2. The van der Waals surface area contributed by atoms with Gasteiger partial charge in [-0.25, -0.2) is 0 Å². The quantitative estimate of drug-likeness (QED) is 0.112. The Kier molecular flexibility index (Phi) is 10.8. The summed E-state index contributed by atoms with van der Waals surface area (Å²) in [7, 11) is -11.7. The highest BCUT2D eigenvalue weighted by Gasteiger charge is 2.51. The fourth-order valence-electron chi connectivity index (χ4n) is 4.38. The first-order valence-corrected chi connectivity index (χ1v) is 16.2. The number of nitrogens with one attached hydrogen (secondary N) is 3. The van der Waals surface area contributed by atoms with Crippen molar-refractivity contribution in [2.45, 2.75) is 55.1 Å². The molecule has 1 aliphatic heterocycles. The number of carbonyl (C=O) groups excluding carboxylic acids is 3. The Morgan fingerprint density at radius 3 is 1.61 bits per heavy atom. The molecular weight excluding hydrogens is 638 g/mol. The molecule has 44 heavy (non-hydrogen) atoms. The van der Waals surface area contributed by atoms with Crippen molar-refractivity contribution >= 4 is 32.9 Å². The van der Waals surface area contributed by atoms with Gasteiger partial charge in [-0.3, -0.25) is 23.5 Å². The third kappa shape index (κ3) is 8.30. The van der Waals surface area contributed by atoms with Crippen molar-refractivity contribution in [3.8, 4) is 0 Å². The zero-order valence-corrected chi connectivity index (χ0v) is 24.5. The fraction of sp³-hybridized carbons (Fsp3) is 0.400. The minimum Gasteiger partial charge on any atom is -0.368 e. The van der Waals surface area contributed by atoms with Crippen molar-refractivity contribution in [2.24, 2.45) is 5.73 Å². The van der Waals surface area contributed by atoms with Gasteiger partial charge in [0.15, 0.2) is 0 Å². The maximum atomic E-state index is 14.1. The maximum absolute atomic E-state index is 14.1. The van der Waals surface area contributed by atoms with Gasteiger partial charge in [0.2, 0.25) is 17.7 Å². The molecule has 13 nitrogen and oxygen atoms in total. The summed E-state index contributed by atoms with van der Waals surface area (Å²) in [6.45, 7) is 0.548. The number of nitrogens with two attached hydrogens (primary N) is 1. The second-order valence-corrected chi connectivity index (χ2v) is 13.4. The number of primary amides is 1. The van der Waals surface area contributed by atoms with E-state index in [1.165, 1.54) is 0 Å². The Hall–Kier alpha value is -3.17. The van der Waals surface area contributed by atoms with Crippen LogP contribution >= 0.6 is 15.2 Å². The Bertz CT molecular complexity index is 1460. The summed E-state index contributed by atoms with van der Waals surface area (Å²) in [5, 5.41) is 7.83. The van der Waals surface area contributed by atoms with Gasteiger partial charge in [-0.2, -0.15) is 17.6 Å². The van der Waals surface area contributed by atoms with E-state index < -0.39 is 73.5 Å². The molecule has 1 heterocycles. The van der Waals surface area contributed by atoms with Crippen LogP contribution in [0.3, 0.4) is 0 Å². The van der Waals surface area contributed by atoms with Crippen LogP contribution in [-0.2, 0) is 47.7 Å². The van der Waals surface area contributed by atoms with Gasteiger partial charge >= 0.3 is 26.5 Å². The number of hydrogen-bond acceptors (Lipinski definition) is 6. The second-order valence-electron chi connectivity index (χ2n) is 10.1. The summed E-state index contributed by atoms with van der Waals surface area (Å²) in [4.78, 5) is 74.0. The molecule has 0 spiro atoms. The van der Waals surface area contributed by atoms with E-state index in [0.717, 1.165) is 48.5 Å². The summed E-state index contributed by atoms with van der Waals surface area (Å²) in [5.41, 5.74) is -5.09. The summed E-state index contributed by atoms with van der Waals surface area (Å²) in [5.74, 6) is -2.53. The highest BCUT2D eigenvalue weighted by Crippen LogP contribution is 2.60. The van der Waals surface area contributed by atoms with Crippen LogP contribution in [0.4, 0.5) is 17.6 Å². The van der Waals surface area contributed by atoms with E-state index >= 15 is 0 Å². The maximum Gasteiger partial charge on any atom is 0.399 e. The third-order valence-electron chi connectivity index (χ3n) is 6.88. The predicted molar refractivity (Wildman–Crippen MR) is 146 cm³/mol. The van der Waals surface area contributed by atoms with Crippen molar-refractivity contribution in [3.05, 3.63) is 70.8 Å². The standard InChI is InChI=1S/C25H30F4N4O9P2/c26-24(27,43(37,38)39)16-7-3-14(4-8-16)12-19(21(30)34)32-23(36)20(33-22(35)18-2-1-11-31-18)13-15-5-9-17(10-6-15)25(28,29)44(40,41)42/h3-10,18-20,31H,1-2,11-13H2,(H2,30,34)(H,32,36)(H,33,35)(H2,37,38,39)(H2,40,41,42)/t18-,19-,20-/m0/s1. The molecule has 0 bridgehead atoms. The smallest absolute Gasteiger partial charge is 0.368 e. The van der Waals surface area contributed by atoms with Crippen LogP contribution in [0.2, 0.25) is 0 Å². The van der Waals surface area contributed by atoms with Crippen LogP contribution in [0.5, 0.6) is 0 Å². The monoisotopic (exact) mass is 668 g/mol. The predicted octanol–water partition coefficient (Wildman–Crippen LogP) is 1.13. The minimum absolute atomic E-state index is 0.177. The molecule has 1 fully saturated rings. The van der Waals surface area contributed by atoms with Gasteiger partial charge in [0.05, 0.1) is 6.04 Å². The van der Waals surface area contributed by atoms with Crippen LogP contribution in [-0.4, -0.2) is 62.0 Å². The van der Waals surface area contributed by atoms with E-state index in [0.29, 0.717) is 19.4 Å². The molecule has 3 amide bonds. The fourth-order valence-corrected chi connectivity index (χ4v) is 5.35. The van der Waals surface area contributed by atoms with E-state index in [1.54, 1.807) is 0 Å². The lowest BCUT2D eigenvalue weighted by Gasteiger charge is -2.24. The van der Waals surface area contributed by atoms with Crippen molar-refractivity contribution in [1.29, 1.82) is 0 Å². The Morgan fingerprint density at radius 2 is 1.25 bits per heavy atom. The number of halogens is 4. The molecule has 9 N–H and O–H groups in total. The normalized spacial score (nSPS) is 17.5. The van der Waals surface area contributed by atoms with E-state index in [9.17, 15) is 41.1 Å². The van der Waals surface area contributed by atoms with Gasteiger partial charge in [-0.05, 0) is 30.5 Å². The lowest BCUT2D eigenvalue weighted by atomic mass is 10.0. The Balaban J connectivity index is 1.81. The zero-order valence-electron chi connectivity index (χ0n) is 22.7. The molecule has 2 aromatic rings. The van der Waals surface area contributed by atoms with Gasteiger partial charge in [0.1, 0.15) is 12.1 Å². The van der Waals surface area contributed by atoms with E-state index in [4.69, 9.17) is 25.3 Å². The molecule has 1 saturated heterocycles. The summed E-state index contributed by atoms with van der Waals surface area (Å²) in [6.07, 6.45) is 0.518. The lowest BCUT2D eigenvalue weighted by Crippen LogP contribution is -2.56. The Labute approximate surface area is 247 Å². The van der Waals surface area contributed by atoms with Crippen molar-refractivity contribution < 1.29 is 60.6 Å². The molecule has 1 aliphatic rings. The van der Waals surface area contributed by atoms with Crippen LogP contribution in [0, 0.1) is 0 Å². The minimum atomic E-state index is -5.83. The van der Waals surface area contributed by atoms with Crippen LogP contribution in [0.1, 0.15) is 35.1 Å². The highest BCUT2D eigenvalue weighted by atomic mass is 31.2. The van der Waals surface area contributed by atoms with Crippen molar-refractivity contribution in [2.75, 3.05) is 6.54 Å². The molecule has 19 heteroatoms. The summed E-state index contributed by atoms with van der Waals surface area (Å²) in [6, 6.07) is 3.82. The average Bonchev–Trinajstić information content (AvgIpc) is 3.47. The van der Waals surface area contributed by atoms with Gasteiger partial charge in [-0.15, -0.1) is 0 Å². The number of alkyl halides is 4. The lowest BCUT2D eigenvalue weighted by molar-refractivity contribution is -0.131. The molecule has 0 aliphatic carbocycles. The van der Waals surface area contributed by atoms with E-state index in [-0.39, 0.29) is 24.0 Å². The third-order valence-corrected chi connectivity index (χ3v) is 8.86. The molecule has 3 atom stereocenters. The average molecular weight is 668 g/mol. The van der Waals surface area contributed by atoms with Crippen molar-refractivity contribution in [1.82, 2.24) is 16.0 Å². The molecule has 0 radical (unpaired) electrons. The van der Waals surface area contributed by atoms with Crippen molar-refractivity contribution in [3.63, 3.8) is 0 Å². The molecule has 2 aromatic carbocycles. The van der Waals surface area contributed by atoms with Gasteiger partial charge < -0.3 is 41.3 Å². The van der Waals surface area contributed by atoms with Crippen LogP contribution in [0.15, 0.2) is 48.5 Å². The van der Waals surface area contributed by atoms with Crippen LogP contribution < -0.4 is 21.7 Å². The molecule has 242 valence electrons. The summed E-state index contributed by atoms with van der Waals surface area (Å²) >= 11 is 0. The van der Waals surface area contributed by atoms with E-state index in [1.807, 2.05) is 0 Å². The molecule has 0 aromatic heterocycles.